The molecule has 0 heterocycles. The lowest BCUT2D eigenvalue weighted by molar-refractivity contribution is 0.0955. The molecule has 0 saturated carbocycles. The van der Waals surface area contributed by atoms with Crippen LogP contribution < -0.4 is 5.43 Å². The highest BCUT2D eigenvalue weighted by Crippen LogP contribution is 2.22. The van der Waals surface area contributed by atoms with Crippen LogP contribution in [0.25, 0.3) is 0 Å². The number of nitrogens with one attached hydrogen (secondary N) is 1. The number of rotatable bonds is 3. The van der Waals surface area contributed by atoms with E-state index >= 15 is 0 Å². The van der Waals surface area contributed by atoms with Crippen molar-refractivity contribution in [1.82, 2.24) is 5.43 Å². The van der Waals surface area contributed by atoms with Gasteiger partial charge in [0, 0.05) is 16.1 Å². The van der Waals surface area contributed by atoms with Gasteiger partial charge in [0.15, 0.2) is 0 Å². The first-order valence-corrected chi connectivity index (χ1v) is 6.95. The molecule has 2 aromatic carbocycles. The molecule has 21 heavy (non-hydrogen) atoms. The number of hydrogen-bond acceptors (Lipinski definition) is 4. The lowest BCUT2D eigenvalue weighted by atomic mass is 10.2. The highest BCUT2D eigenvalue weighted by atomic mass is 79.9. The molecule has 0 spiro atoms. The van der Waals surface area contributed by atoms with Crippen molar-refractivity contribution in [3.8, 4) is 11.5 Å². The van der Waals surface area contributed by atoms with Crippen molar-refractivity contribution in [1.29, 1.82) is 0 Å². The third-order valence-corrected chi connectivity index (χ3v) is 3.38. The average molecular weight is 370 g/mol. The minimum atomic E-state index is -0.476. The highest BCUT2D eigenvalue weighted by molar-refractivity contribution is 9.10. The maximum Gasteiger partial charge on any atom is 0.272 e. The molecule has 3 N–H and O–H groups in total. The number of amides is 1. The van der Waals surface area contributed by atoms with Crippen molar-refractivity contribution in [2.45, 2.75) is 0 Å². The van der Waals surface area contributed by atoms with Crippen molar-refractivity contribution < 1.29 is 15.0 Å². The van der Waals surface area contributed by atoms with Gasteiger partial charge < -0.3 is 10.2 Å². The Bertz CT molecular complexity index is 719. The number of hydrogen-bond donors (Lipinski definition) is 3. The van der Waals surface area contributed by atoms with Crippen LogP contribution in [0.3, 0.4) is 0 Å². The summed E-state index contributed by atoms with van der Waals surface area (Å²) in [4.78, 5) is 11.9. The van der Waals surface area contributed by atoms with Crippen LogP contribution in [0.15, 0.2) is 46.0 Å². The molecule has 2 aromatic rings. The number of halogens is 2. The normalized spacial score (nSPS) is 10.8. The standard InChI is InChI=1S/C14H10BrClN2O3/c15-9-2-4-12(16)11(5-9)14(21)18-17-7-8-1-3-10(19)6-13(8)20/h1-7,19-20H,(H,18,21). The topological polar surface area (TPSA) is 81.9 Å². The van der Waals surface area contributed by atoms with Gasteiger partial charge in [0.05, 0.1) is 16.8 Å². The molecule has 0 unspecified atom stereocenters. The number of hydrazone groups is 1. The number of phenols is 2. The molecule has 1 amide bonds. The SMILES string of the molecule is O=C(NN=Cc1ccc(O)cc1O)c1cc(Br)ccc1Cl. The molecule has 0 saturated heterocycles. The van der Waals surface area contributed by atoms with Gasteiger partial charge in [0.2, 0.25) is 0 Å². The van der Waals surface area contributed by atoms with Crippen LogP contribution in [0.5, 0.6) is 11.5 Å². The number of aromatic hydroxyl groups is 2. The molecule has 0 aliphatic carbocycles. The Morgan fingerprint density at radius 3 is 2.71 bits per heavy atom. The Morgan fingerprint density at radius 1 is 1.24 bits per heavy atom. The van der Waals surface area contributed by atoms with E-state index in [2.05, 4.69) is 26.5 Å². The zero-order valence-corrected chi connectivity index (χ0v) is 12.9. The fourth-order valence-electron chi connectivity index (χ4n) is 1.53. The molecular weight excluding hydrogens is 360 g/mol. The van der Waals surface area contributed by atoms with Gasteiger partial charge in [-0.25, -0.2) is 5.43 Å². The van der Waals surface area contributed by atoms with E-state index in [1.807, 2.05) is 0 Å². The third-order valence-electron chi connectivity index (χ3n) is 2.56. The Labute approximate surface area is 134 Å². The largest absolute Gasteiger partial charge is 0.508 e. The molecule has 5 nitrogen and oxygen atoms in total. The van der Waals surface area contributed by atoms with Crippen LogP contribution >= 0.6 is 27.5 Å². The molecule has 0 radical (unpaired) electrons. The van der Waals surface area contributed by atoms with Gasteiger partial charge in [-0.2, -0.15) is 5.10 Å². The van der Waals surface area contributed by atoms with Crippen molar-refractivity contribution >= 4 is 39.7 Å². The molecule has 0 bridgehead atoms. The van der Waals surface area contributed by atoms with E-state index in [0.29, 0.717) is 10.6 Å². The molecule has 2 rings (SSSR count). The van der Waals surface area contributed by atoms with E-state index in [9.17, 15) is 9.90 Å². The van der Waals surface area contributed by atoms with Gasteiger partial charge in [-0.3, -0.25) is 4.79 Å². The molecule has 0 aromatic heterocycles. The maximum absolute atomic E-state index is 11.9. The second-order valence-electron chi connectivity index (χ2n) is 4.07. The van der Waals surface area contributed by atoms with Gasteiger partial charge in [-0.05, 0) is 30.3 Å². The predicted octanol–water partition coefficient (Wildman–Crippen LogP) is 3.28. The van der Waals surface area contributed by atoms with Crippen LogP contribution in [0.2, 0.25) is 5.02 Å². The van der Waals surface area contributed by atoms with Crippen LogP contribution in [0, 0.1) is 0 Å². The van der Waals surface area contributed by atoms with Gasteiger partial charge in [-0.1, -0.05) is 27.5 Å². The van der Waals surface area contributed by atoms with Crippen molar-refractivity contribution in [3.63, 3.8) is 0 Å². The molecule has 0 fully saturated rings. The van der Waals surface area contributed by atoms with E-state index in [0.717, 1.165) is 4.47 Å². The summed E-state index contributed by atoms with van der Waals surface area (Å²) in [7, 11) is 0. The molecule has 7 heteroatoms. The van der Waals surface area contributed by atoms with E-state index in [1.54, 1.807) is 18.2 Å². The summed E-state index contributed by atoms with van der Waals surface area (Å²) in [5.74, 6) is -0.682. The zero-order valence-electron chi connectivity index (χ0n) is 10.5. The summed E-state index contributed by atoms with van der Waals surface area (Å²) in [5.41, 5.74) is 2.94. The van der Waals surface area contributed by atoms with Crippen LogP contribution in [0.1, 0.15) is 15.9 Å². The van der Waals surface area contributed by atoms with Gasteiger partial charge in [0.25, 0.3) is 5.91 Å². The molecular formula is C14H10BrClN2O3. The second kappa shape index (κ2) is 6.60. The van der Waals surface area contributed by atoms with Crippen LogP contribution in [-0.2, 0) is 0 Å². The monoisotopic (exact) mass is 368 g/mol. The summed E-state index contributed by atoms with van der Waals surface area (Å²) >= 11 is 9.18. The van der Waals surface area contributed by atoms with Gasteiger partial charge in [0.1, 0.15) is 11.5 Å². The van der Waals surface area contributed by atoms with Crippen molar-refractivity contribution in [2.75, 3.05) is 0 Å². The van der Waals surface area contributed by atoms with E-state index < -0.39 is 5.91 Å². The fourth-order valence-corrected chi connectivity index (χ4v) is 2.10. The lowest BCUT2D eigenvalue weighted by Gasteiger charge is -2.03. The first kappa shape index (κ1) is 15.3. The molecule has 0 aliphatic heterocycles. The molecule has 0 aliphatic rings. The summed E-state index contributed by atoms with van der Waals surface area (Å²) < 4.78 is 0.720. The third kappa shape index (κ3) is 3.96. The number of nitrogens with zero attached hydrogens (tertiary/aromatic N) is 1. The molecule has 108 valence electrons. The summed E-state index contributed by atoms with van der Waals surface area (Å²) in [6.45, 7) is 0. The maximum atomic E-state index is 11.9. The summed E-state index contributed by atoms with van der Waals surface area (Å²) in [6.07, 6.45) is 1.26. The summed E-state index contributed by atoms with van der Waals surface area (Å²) in [5, 5.41) is 22.8. The zero-order chi connectivity index (χ0) is 15.4. The molecule has 0 atom stereocenters. The number of carbonyl (C=O) groups is 1. The average Bonchev–Trinajstić information content (AvgIpc) is 2.43. The second-order valence-corrected chi connectivity index (χ2v) is 5.39. The number of benzene rings is 2. The van der Waals surface area contributed by atoms with E-state index in [4.69, 9.17) is 16.7 Å². The smallest absolute Gasteiger partial charge is 0.272 e. The fraction of sp³-hybridized carbons (Fsp3) is 0. The quantitative estimate of drug-likeness (QED) is 0.573. The Balaban J connectivity index is 2.10. The van der Waals surface area contributed by atoms with Gasteiger partial charge in [-0.15, -0.1) is 0 Å². The van der Waals surface area contributed by atoms with E-state index in [-0.39, 0.29) is 17.1 Å². The predicted molar refractivity (Wildman–Crippen MR) is 84.0 cm³/mol. The lowest BCUT2D eigenvalue weighted by Crippen LogP contribution is -2.18. The Hall–Kier alpha value is -2.05. The first-order valence-electron chi connectivity index (χ1n) is 5.78. The minimum absolute atomic E-state index is 0.0606. The highest BCUT2D eigenvalue weighted by Gasteiger charge is 2.10. The number of phenolic OH excluding ortho intramolecular Hbond substituents is 2. The Morgan fingerprint density at radius 2 is 2.00 bits per heavy atom. The van der Waals surface area contributed by atoms with Gasteiger partial charge >= 0.3 is 0 Å². The number of carbonyl (C=O) groups excluding carboxylic acids is 1. The summed E-state index contributed by atoms with van der Waals surface area (Å²) in [6, 6.07) is 8.92. The van der Waals surface area contributed by atoms with Crippen LogP contribution in [-0.4, -0.2) is 22.3 Å². The van der Waals surface area contributed by atoms with Crippen molar-refractivity contribution in [2.24, 2.45) is 5.10 Å². The van der Waals surface area contributed by atoms with Crippen molar-refractivity contribution in [3.05, 3.63) is 57.0 Å². The minimum Gasteiger partial charge on any atom is -0.508 e. The van der Waals surface area contributed by atoms with Crippen LogP contribution in [0.4, 0.5) is 0 Å². The first-order chi connectivity index (χ1) is 9.97. The van der Waals surface area contributed by atoms with E-state index in [1.165, 1.54) is 24.4 Å². The Kier molecular flexibility index (Phi) is 4.82.